The van der Waals surface area contributed by atoms with E-state index in [0.29, 0.717) is 5.02 Å². The average molecular weight is 371 g/mol. The third-order valence-electron chi connectivity index (χ3n) is 3.99. The molecular weight excluding hydrogens is 352 g/mol. The van der Waals surface area contributed by atoms with E-state index in [4.69, 9.17) is 11.6 Å². The lowest BCUT2D eigenvalue weighted by Gasteiger charge is -2.15. The number of benzene rings is 2. The highest BCUT2D eigenvalue weighted by Gasteiger charge is 2.13. The van der Waals surface area contributed by atoms with E-state index in [2.05, 4.69) is 10.3 Å². The molecule has 2 aromatic carbocycles. The molecule has 6 nitrogen and oxygen atoms in total. The maximum atomic E-state index is 12.8. The van der Waals surface area contributed by atoms with Crippen molar-refractivity contribution in [1.29, 1.82) is 0 Å². The molecule has 0 bridgehead atoms. The zero-order valence-electron chi connectivity index (χ0n) is 14.6. The molecule has 7 heteroatoms. The SMILES string of the molecule is CCn1c(=O)nc(Nc2cccc(C)c2)n(Cc2ccc(Cl)cc2)c1=O. The van der Waals surface area contributed by atoms with Crippen molar-refractivity contribution in [1.82, 2.24) is 14.1 Å². The monoisotopic (exact) mass is 370 g/mol. The number of rotatable bonds is 5. The van der Waals surface area contributed by atoms with Gasteiger partial charge in [0.25, 0.3) is 0 Å². The van der Waals surface area contributed by atoms with Crippen LogP contribution in [-0.2, 0) is 13.1 Å². The number of hydrogen-bond donors (Lipinski definition) is 1. The van der Waals surface area contributed by atoms with Gasteiger partial charge in [-0.2, -0.15) is 4.98 Å². The summed E-state index contributed by atoms with van der Waals surface area (Å²) in [7, 11) is 0. The number of halogens is 1. The van der Waals surface area contributed by atoms with Crippen LogP contribution in [0.15, 0.2) is 58.1 Å². The number of aromatic nitrogens is 3. The summed E-state index contributed by atoms with van der Waals surface area (Å²) in [6.45, 7) is 4.24. The standard InChI is InChI=1S/C19H19ClN4O2/c1-3-23-18(25)22-17(21-16-6-4-5-13(2)11-16)24(19(23)26)12-14-7-9-15(20)10-8-14/h4-11H,3,12H2,1-2H3,(H,21,22,25). The van der Waals surface area contributed by atoms with Gasteiger partial charge in [0.2, 0.25) is 5.95 Å². The molecule has 1 N–H and O–H groups in total. The number of anilines is 2. The molecule has 134 valence electrons. The van der Waals surface area contributed by atoms with E-state index in [1.54, 1.807) is 19.1 Å². The first-order chi connectivity index (χ1) is 12.5. The van der Waals surface area contributed by atoms with Crippen LogP contribution in [0.2, 0.25) is 5.02 Å². The van der Waals surface area contributed by atoms with Gasteiger partial charge in [0, 0.05) is 17.3 Å². The Labute approximate surface area is 155 Å². The van der Waals surface area contributed by atoms with E-state index >= 15 is 0 Å². The third-order valence-corrected chi connectivity index (χ3v) is 4.25. The van der Waals surface area contributed by atoms with Crippen molar-refractivity contribution in [3.05, 3.63) is 85.6 Å². The Balaban J connectivity index is 2.08. The highest BCUT2D eigenvalue weighted by Crippen LogP contribution is 2.16. The largest absolute Gasteiger partial charge is 0.354 e. The zero-order chi connectivity index (χ0) is 18.7. The first-order valence-corrected chi connectivity index (χ1v) is 8.65. The average Bonchev–Trinajstić information content (AvgIpc) is 2.60. The minimum Gasteiger partial charge on any atom is -0.325 e. The molecule has 0 amide bonds. The lowest BCUT2D eigenvalue weighted by molar-refractivity contribution is 0.576. The maximum absolute atomic E-state index is 12.8. The molecule has 1 heterocycles. The molecule has 1 aromatic heterocycles. The van der Waals surface area contributed by atoms with Gasteiger partial charge in [-0.15, -0.1) is 0 Å². The quantitative estimate of drug-likeness (QED) is 0.749. The van der Waals surface area contributed by atoms with E-state index < -0.39 is 11.4 Å². The normalized spacial score (nSPS) is 10.7. The third kappa shape index (κ3) is 3.86. The Morgan fingerprint density at radius 3 is 2.46 bits per heavy atom. The van der Waals surface area contributed by atoms with Gasteiger partial charge in [-0.3, -0.25) is 4.57 Å². The summed E-state index contributed by atoms with van der Waals surface area (Å²) < 4.78 is 2.56. The number of nitrogens with zero attached hydrogens (tertiary/aromatic N) is 3. The molecule has 0 aliphatic rings. The fraction of sp³-hybridized carbons (Fsp3) is 0.211. The summed E-state index contributed by atoms with van der Waals surface area (Å²) in [5.74, 6) is 0.213. The summed E-state index contributed by atoms with van der Waals surface area (Å²) in [6, 6.07) is 14.8. The van der Waals surface area contributed by atoms with E-state index in [9.17, 15) is 9.59 Å². The molecule has 3 rings (SSSR count). The highest BCUT2D eigenvalue weighted by atomic mass is 35.5. The molecule has 3 aromatic rings. The second-order valence-electron chi connectivity index (χ2n) is 5.95. The fourth-order valence-corrected chi connectivity index (χ4v) is 2.79. The summed E-state index contributed by atoms with van der Waals surface area (Å²) in [5.41, 5.74) is 1.73. The van der Waals surface area contributed by atoms with E-state index in [-0.39, 0.29) is 19.0 Å². The summed E-state index contributed by atoms with van der Waals surface area (Å²) in [4.78, 5) is 29.0. The predicted molar refractivity (Wildman–Crippen MR) is 103 cm³/mol. The summed E-state index contributed by atoms with van der Waals surface area (Å²) >= 11 is 5.93. The van der Waals surface area contributed by atoms with Crippen LogP contribution in [0.5, 0.6) is 0 Å². The van der Waals surface area contributed by atoms with E-state index in [1.165, 1.54) is 4.57 Å². The Bertz CT molecular complexity index is 1040. The van der Waals surface area contributed by atoms with E-state index in [0.717, 1.165) is 21.4 Å². The van der Waals surface area contributed by atoms with Crippen LogP contribution in [0.1, 0.15) is 18.1 Å². The molecule has 0 atom stereocenters. The molecule has 26 heavy (non-hydrogen) atoms. The molecule has 0 aliphatic heterocycles. The minimum atomic E-state index is -0.569. The van der Waals surface area contributed by atoms with Gasteiger partial charge in [-0.1, -0.05) is 35.9 Å². The summed E-state index contributed by atoms with van der Waals surface area (Å²) in [6.07, 6.45) is 0. The van der Waals surface area contributed by atoms with Crippen molar-refractivity contribution in [2.24, 2.45) is 0 Å². The predicted octanol–water partition coefficient (Wildman–Crippen LogP) is 3.18. The smallest absolute Gasteiger partial charge is 0.325 e. The van der Waals surface area contributed by atoms with Crippen LogP contribution in [0.4, 0.5) is 11.6 Å². The van der Waals surface area contributed by atoms with Crippen molar-refractivity contribution < 1.29 is 0 Å². The Kier molecular flexibility index (Phi) is 5.23. The molecule has 0 aliphatic carbocycles. The first kappa shape index (κ1) is 17.9. The zero-order valence-corrected chi connectivity index (χ0v) is 15.3. The van der Waals surface area contributed by atoms with Gasteiger partial charge in [-0.05, 0) is 49.2 Å². The van der Waals surface area contributed by atoms with Gasteiger partial charge < -0.3 is 5.32 Å². The topological polar surface area (TPSA) is 68.9 Å². The van der Waals surface area contributed by atoms with Gasteiger partial charge in [0.15, 0.2) is 0 Å². The number of hydrogen-bond acceptors (Lipinski definition) is 4. The molecular formula is C19H19ClN4O2. The minimum absolute atomic E-state index is 0.213. The second kappa shape index (κ2) is 7.58. The lowest BCUT2D eigenvalue weighted by Crippen LogP contribution is -2.42. The van der Waals surface area contributed by atoms with Gasteiger partial charge in [0.05, 0.1) is 6.54 Å². The van der Waals surface area contributed by atoms with Crippen LogP contribution in [0, 0.1) is 6.92 Å². The van der Waals surface area contributed by atoms with Crippen LogP contribution in [0.25, 0.3) is 0 Å². The van der Waals surface area contributed by atoms with Crippen LogP contribution in [-0.4, -0.2) is 14.1 Å². The van der Waals surface area contributed by atoms with Crippen LogP contribution in [0.3, 0.4) is 0 Å². The van der Waals surface area contributed by atoms with Crippen molar-refractivity contribution >= 4 is 23.2 Å². The fourth-order valence-electron chi connectivity index (χ4n) is 2.66. The lowest BCUT2D eigenvalue weighted by atomic mass is 10.2. The van der Waals surface area contributed by atoms with Gasteiger partial charge in [0.1, 0.15) is 0 Å². The molecule has 0 radical (unpaired) electrons. The van der Waals surface area contributed by atoms with Crippen molar-refractivity contribution in [2.75, 3.05) is 5.32 Å². The molecule has 0 fully saturated rings. The Hall–Kier alpha value is -2.86. The Morgan fingerprint density at radius 1 is 1.08 bits per heavy atom. The Morgan fingerprint density at radius 2 is 1.81 bits per heavy atom. The van der Waals surface area contributed by atoms with Crippen molar-refractivity contribution in [3.8, 4) is 0 Å². The molecule has 0 saturated carbocycles. The first-order valence-electron chi connectivity index (χ1n) is 8.27. The van der Waals surface area contributed by atoms with E-state index in [1.807, 2.05) is 43.3 Å². The number of nitrogens with one attached hydrogen (secondary N) is 1. The summed E-state index contributed by atoms with van der Waals surface area (Å²) in [5, 5.41) is 3.71. The van der Waals surface area contributed by atoms with Gasteiger partial charge >= 0.3 is 11.4 Å². The molecule has 0 saturated heterocycles. The van der Waals surface area contributed by atoms with Crippen LogP contribution < -0.4 is 16.7 Å². The van der Waals surface area contributed by atoms with Crippen molar-refractivity contribution in [3.63, 3.8) is 0 Å². The maximum Gasteiger partial charge on any atom is 0.354 e. The highest BCUT2D eigenvalue weighted by molar-refractivity contribution is 6.30. The second-order valence-corrected chi connectivity index (χ2v) is 6.39. The molecule has 0 spiro atoms. The van der Waals surface area contributed by atoms with Crippen LogP contribution >= 0.6 is 11.6 Å². The molecule has 0 unspecified atom stereocenters. The number of aryl methyl sites for hydroxylation is 1. The van der Waals surface area contributed by atoms with Crippen molar-refractivity contribution in [2.45, 2.75) is 26.9 Å². The van der Waals surface area contributed by atoms with Gasteiger partial charge in [-0.25, -0.2) is 14.2 Å².